The number of rotatable bonds is 4. The highest BCUT2D eigenvalue weighted by Gasteiger charge is 2.29. The van der Waals surface area contributed by atoms with Gasteiger partial charge in [0, 0.05) is 46.5 Å². The molecule has 1 saturated heterocycles. The standard InChI is InChI=1S/C17H21N7O2/c1-21(15-13(10-18)16(25)23(3)17(26)22(15)2)11-12-6-5-9-24(12)14-7-4-8-19-20-14/h4,7-8,12H,5-6,9,11H2,1-3H3. The van der Waals surface area contributed by atoms with E-state index >= 15 is 0 Å². The maximum absolute atomic E-state index is 12.3. The molecule has 0 radical (unpaired) electrons. The smallest absolute Gasteiger partial charge is 0.332 e. The molecule has 1 aliphatic heterocycles. The van der Waals surface area contributed by atoms with Crippen LogP contribution in [0.2, 0.25) is 0 Å². The predicted molar refractivity (Wildman–Crippen MR) is 97.3 cm³/mol. The molecule has 1 fully saturated rings. The van der Waals surface area contributed by atoms with Crippen molar-refractivity contribution in [1.82, 2.24) is 19.3 Å². The van der Waals surface area contributed by atoms with Crippen LogP contribution in [-0.4, -0.2) is 45.5 Å². The number of anilines is 2. The average Bonchev–Trinajstić information content (AvgIpc) is 3.11. The van der Waals surface area contributed by atoms with Gasteiger partial charge in [-0.15, -0.1) is 5.10 Å². The molecule has 0 aliphatic carbocycles. The van der Waals surface area contributed by atoms with E-state index in [1.165, 1.54) is 11.6 Å². The van der Waals surface area contributed by atoms with E-state index in [0.29, 0.717) is 12.4 Å². The lowest BCUT2D eigenvalue weighted by Gasteiger charge is -2.31. The summed E-state index contributed by atoms with van der Waals surface area (Å²) in [6, 6.07) is 5.87. The first-order valence-corrected chi connectivity index (χ1v) is 8.41. The van der Waals surface area contributed by atoms with Crippen molar-refractivity contribution >= 4 is 11.6 Å². The molecule has 0 saturated carbocycles. The molecule has 3 heterocycles. The zero-order chi connectivity index (χ0) is 18.8. The van der Waals surface area contributed by atoms with Gasteiger partial charge in [0.1, 0.15) is 11.9 Å². The van der Waals surface area contributed by atoms with Crippen molar-refractivity contribution in [2.45, 2.75) is 18.9 Å². The Hall–Kier alpha value is -3.15. The lowest BCUT2D eigenvalue weighted by Crippen LogP contribution is -2.45. The van der Waals surface area contributed by atoms with E-state index in [0.717, 1.165) is 29.8 Å². The molecule has 136 valence electrons. The fraction of sp³-hybridized carbons (Fsp3) is 0.471. The van der Waals surface area contributed by atoms with Crippen LogP contribution in [-0.2, 0) is 14.1 Å². The molecule has 0 aromatic carbocycles. The number of hydrogen-bond donors (Lipinski definition) is 0. The van der Waals surface area contributed by atoms with Crippen molar-refractivity contribution in [3.8, 4) is 6.07 Å². The summed E-state index contributed by atoms with van der Waals surface area (Å²) in [7, 11) is 4.74. The van der Waals surface area contributed by atoms with Gasteiger partial charge >= 0.3 is 5.69 Å². The lowest BCUT2D eigenvalue weighted by atomic mass is 10.2. The second-order valence-corrected chi connectivity index (χ2v) is 6.47. The van der Waals surface area contributed by atoms with Gasteiger partial charge in [-0.2, -0.15) is 10.4 Å². The Kier molecular flexibility index (Phi) is 4.75. The quantitative estimate of drug-likeness (QED) is 0.752. The van der Waals surface area contributed by atoms with Crippen molar-refractivity contribution in [1.29, 1.82) is 5.26 Å². The molecule has 1 aliphatic rings. The maximum atomic E-state index is 12.3. The van der Waals surface area contributed by atoms with Crippen LogP contribution in [0.1, 0.15) is 18.4 Å². The molecular formula is C17H21N7O2. The van der Waals surface area contributed by atoms with Crippen LogP contribution in [0.4, 0.5) is 11.6 Å². The molecule has 9 nitrogen and oxygen atoms in total. The van der Waals surface area contributed by atoms with E-state index in [-0.39, 0.29) is 11.6 Å². The van der Waals surface area contributed by atoms with Crippen LogP contribution in [0, 0.1) is 11.3 Å². The summed E-state index contributed by atoms with van der Waals surface area (Å²) in [6.45, 7) is 1.43. The number of nitrogens with zero attached hydrogens (tertiary/aromatic N) is 7. The van der Waals surface area contributed by atoms with E-state index in [2.05, 4.69) is 15.1 Å². The summed E-state index contributed by atoms with van der Waals surface area (Å²) in [5.41, 5.74) is -1.05. The topological polar surface area (TPSA) is 100 Å². The Bertz CT molecular complexity index is 958. The Balaban J connectivity index is 1.94. The van der Waals surface area contributed by atoms with E-state index in [4.69, 9.17) is 0 Å². The third-order valence-electron chi connectivity index (χ3n) is 4.82. The average molecular weight is 355 g/mol. The number of likely N-dealkylation sites (N-methyl/N-ethyl adjacent to an activating group) is 1. The largest absolute Gasteiger partial charge is 0.358 e. The monoisotopic (exact) mass is 355 g/mol. The fourth-order valence-electron chi connectivity index (χ4n) is 3.55. The van der Waals surface area contributed by atoms with Gasteiger partial charge in [0.15, 0.2) is 11.4 Å². The van der Waals surface area contributed by atoms with Gasteiger partial charge in [-0.3, -0.25) is 13.9 Å². The molecule has 2 aromatic heterocycles. The van der Waals surface area contributed by atoms with Gasteiger partial charge in [-0.25, -0.2) is 4.79 Å². The van der Waals surface area contributed by atoms with Crippen molar-refractivity contribution in [3.63, 3.8) is 0 Å². The van der Waals surface area contributed by atoms with Gasteiger partial charge in [-0.1, -0.05) is 0 Å². The third-order valence-corrected chi connectivity index (χ3v) is 4.82. The van der Waals surface area contributed by atoms with Crippen molar-refractivity contribution in [2.75, 3.05) is 29.9 Å². The maximum Gasteiger partial charge on any atom is 0.332 e. The second-order valence-electron chi connectivity index (χ2n) is 6.47. The number of aromatic nitrogens is 4. The van der Waals surface area contributed by atoms with E-state index in [1.807, 2.05) is 18.2 Å². The molecule has 0 bridgehead atoms. The molecular weight excluding hydrogens is 334 g/mol. The zero-order valence-electron chi connectivity index (χ0n) is 15.1. The molecule has 3 rings (SSSR count). The van der Waals surface area contributed by atoms with Crippen LogP contribution in [0.25, 0.3) is 0 Å². The molecule has 1 atom stereocenters. The van der Waals surface area contributed by atoms with Gasteiger partial charge in [0.25, 0.3) is 5.56 Å². The summed E-state index contributed by atoms with van der Waals surface area (Å²) >= 11 is 0. The first-order chi connectivity index (χ1) is 12.5. The van der Waals surface area contributed by atoms with Crippen LogP contribution < -0.4 is 21.0 Å². The SMILES string of the molecule is CN(CC1CCCN1c1cccnn1)c1c(C#N)c(=O)n(C)c(=O)n1C. The predicted octanol–water partition coefficient (Wildman–Crippen LogP) is -0.149. The normalized spacial score (nSPS) is 16.5. The molecule has 0 spiro atoms. The van der Waals surface area contributed by atoms with Crippen molar-refractivity contribution < 1.29 is 0 Å². The van der Waals surface area contributed by atoms with E-state index in [1.54, 1.807) is 25.2 Å². The van der Waals surface area contributed by atoms with Crippen LogP contribution in [0.3, 0.4) is 0 Å². The molecule has 9 heteroatoms. The van der Waals surface area contributed by atoms with Gasteiger partial charge in [0.05, 0.1) is 0 Å². The Morgan fingerprint density at radius 1 is 1.35 bits per heavy atom. The zero-order valence-corrected chi connectivity index (χ0v) is 15.1. The van der Waals surface area contributed by atoms with Crippen LogP contribution in [0.15, 0.2) is 27.9 Å². The number of hydrogen-bond acceptors (Lipinski definition) is 7. The summed E-state index contributed by atoms with van der Waals surface area (Å²) in [5.74, 6) is 1.15. The third kappa shape index (κ3) is 2.94. The lowest BCUT2D eigenvalue weighted by molar-refractivity contribution is 0.617. The minimum Gasteiger partial charge on any atom is -0.358 e. The highest BCUT2D eigenvalue weighted by Crippen LogP contribution is 2.25. The van der Waals surface area contributed by atoms with Crippen molar-refractivity contribution in [2.24, 2.45) is 14.1 Å². The summed E-state index contributed by atoms with van der Waals surface area (Å²) in [4.78, 5) is 28.5. The molecule has 2 aromatic rings. The second kappa shape index (κ2) is 7.00. The minimum atomic E-state index is -0.574. The van der Waals surface area contributed by atoms with Gasteiger partial charge < -0.3 is 9.80 Å². The highest BCUT2D eigenvalue weighted by atomic mass is 16.2. The van der Waals surface area contributed by atoms with E-state index in [9.17, 15) is 14.9 Å². The molecule has 1 unspecified atom stereocenters. The Labute approximate surface area is 150 Å². The molecule has 26 heavy (non-hydrogen) atoms. The minimum absolute atomic E-state index is 0.0267. The molecule has 0 amide bonds. The first kappa shape index (κ1) is 17.7. The fourth-order valence-corrected chi connectivity index (χ4v) is 3.55. The number of nitriles is 1. The van der Waals surface area contributed by atoms with E-state index < -0.39 is 11.2 Å². The summed E-state index contributed by atoms with van der Waals surface area (Å²) in [5, 5.41) is 17.6. The Morgan fingerprint density at radius 3 is 2.77 bits per heavy atom. The summed E-state index contributed by atoms with van der Waals surface area (Å²) in [6.07, 6.45) is 3.62. The first-order valence-electron chi connectivity index (χ1n) is 8.41. The van der Waals surface area contributed by atoms with Gasteiger partial charge in [0.2, 0.25) is 0 Å². The van der Waals surface area contributed by atoms with Crippen LogP contribution >= 0.6 is 0 Å². The van der Waals surface area contributed by atoms with Crippen LogP contribution in [0.5, 0.6) is 0 Å². The van der Waals surface area contributed by atoms with Crippen molar-refractivity contribution in [3.05, 3.63) is 44.7 Å². The van der Waals surface area contributed by atoms with Gasteiger partial charge in [-0.05, 0) is 25.0 Å². The Morgan fingerprint density at radius 2 is 2.12 bits per heavy atom. The highest BCUT2D eigenvalue weighted by molar-refractivity contribution is 5.53. The molecule has 0 N–H and O–H groups in total. The summed E-state index contributed by atoms with van der Waals surface area (Å²) < 4.78 is 2.30.